The maximum absolute atomic E-state index is 10.7. The first-order valence-corrected chi connectivity index (χ1v) is 11.3. The lowest BCUT2D eigenvalue weighted by Crippen LogP contribution is -2.36. The minimum atomic E-state index is -1.39. The Bertz CT molecular complexity index is 1360. The number of fused-ring (bicyclic) bond motifs is 6. The molecule has 0 aliphatic carbocycles. The molecule has 2 atom stereocenters. The van der Waals surface area contributed by atoms with Crippen LogP contribution in [0.15, 0.2) is 77.8 Å². The van der Waals surface area contributed by atoms with Gasteiger partial charge < -0.3 is 4.90 Å². The number of rotatable bonds is 1. The average molecular weight is 451 g/mol. The van der Waals surface area contributed by atoms with Gasteiger partial charge in [-0.25, -0.2) is 0 Å². The van der Waals surface area contributed by atoms with E-state index in [1.807, 2.05) is 69.3 Å². The molecule has 2 aliphatic rings. The maximum atomic E-state index is 10.7. The fourth-order valence-corrected chi connectivity index (χ4v) is 5.41. The van der Waals surface area contributed by atoms with E-state index in [4.69, 9.17) is 16.6 Å². The van der Waals surface area contributed by atoms with Crippen LogP contribution in [0.4, 0.5) is 5.69 Å². The number of para-hydroxylation sites is 1. The molecule has 0 spiro atoms. The molecule has 2 aliphatic heterocycles. The van der Waals surface area contributed by atoms with Crippen molar-refractivity contribution >= 4 is 23.1 Å². The number of halogens is 1. The first-order chi connectivity index (χ1) is 15.8. The van der Waals surface area contributed by atoms with Gasteiger partial charge in [-0.05, 0) is 55.7 Å². The lowest BCUT2D eigenvalue weighted by atomic mass is 9.69. The van der Waals surface area contributed by atoms with Crippen molar-refractivity contribution in [1.29, 1.82) is 10.5 Å². The highest BCUT2D eigenvalue weighted by Crippen LogP contribution is 2.61. The number of hydrogen-bond donors (Lipinski definition) is 0. The Hall–Kier alpha value is -3.60. The summed E-state index contributed by atoms with van der Waals surface area (Å²) in [6.45, 7) is 6.10. The number of aliphatic imine (C=N–C) groups is 1. The van der Waals surface area contributed by atoms with Gasteiger partial charge in [-0.3, -0.25) is 4.99 Å². The monoisotopic (exact) mass is 450 g/mol. The summed E-state index contributed by atoms with van der Waals surface area (Å²) in [6, 6.07) is 28.1. The zero-order valence-corrected chi connectivity index (χ0v) is 19.5. The normalized spacial score (nSPS) is 21.5. The number of nitrogens with zero attached hydrogens (tertiary/aromatic N) is 4. The molecule has 5 heteroatoms. The molecule has 4 nitrogen and oxygen atoms in total. The SMILES string of the molecule is CC(C)(C)N=C1[C@H](c2cccc(Cl)c2)C(C#N)(C#N)[C@H]2c3ccccc3-c3ccccc3N12. The highest BCUT2D eigenvalue weighted by atomic mass is 35.5. The zero-order valence-electron chi connectivity index (χ0n) is 18.7. The maximum Gasteiger partial charge on any atom is 0.182 e. The summed E-state index contributed by atoms with van der Waals surface area (Å²) in [5, 5.41) is 21.9. The van der Waals surface area contributed by atoms with Crippen molar-refractivity contribution in [1.82, 2.24) is 0 Å². The van der Waals surface area contributed by atoms with E-state index in [-0.39, 0.29) is 0 Å². The van der Waals surface area contributed by atoms with E-state index in [0.717, 1.165) is 33.8 Å². The number of benzene rings is 3. The van der Waals surface area contributed by atoms with E-state index >= 15 is 0 Å². The van der Waals surface area contributed by atoms with E-state index in [0.29, 0.717) is 5.02 Å². The van der Waals surface area contributed by atoms with Gasteiger partial charge in [0.1, 0.15) is 5.84 Å². The molecular formula is C28H23ClN4. The summed E-state index contributed by atoms with van der Waals surface area (Å²) in [5.74, 6) is 0.162. The van der Waals surface area contributed by atoms with Gasteiger partial charge in [-0.15, -0.1) is 0 Å². The van der Waals surface area contributed by atoms with Crippen LogP contribution in [-0.4, -0.2) is 11.4 Å². The van der Waals surface area contributed by atoms with Crippen LogP contribution in [0.25, 0.3) is 11.1 Å². The molecule has 1 fully saturated rings. The number of anilines is 1. The van der Waals surface area contributed by atoms with E-state index in [1.165, 1.54) is 0 Å². The van der Waals surface area contributed by atoms with Crippen LogP contribution >= 0.6 is 11.6 Å². The third kappa shape index (κ3) is 3.14. The lowest BCUT2D eigenvalue weighted by Gasteiger charge is -2.38. The molecule has 3 aromatic rings. The van der Waals surface area contributed by atoms with Crippen LogP contribution in [0, 0.1) is 28.1 Å². The lowest BCUT2D eigenvalue weighted by molar-refractivity contribution is 0.437. The Morgan fingerprint density at radius 1 is 0.909 bits per heavy atom. The van der Waals surface area contributed by atoms with Crippen molar-refractivity contribution in [3.8, 4) is 23.3 Å². The Morgan fingerprint density at radius 3 is 2.24 bits per heavy atom. The molecule has 162 valence electrons. The highest BCUT2D eigenvalue weighted by molar-refractivity contribution is 6.30. The molecule has 3 aromatic carbocycles. The van der Waals surface area contributed by atoms with Gasteiger partial charge in [0, 0.05) is 10.6 Å². The van der Waals surface area contributed by atoms with Crippen molar-refractivity contribution in [2.24, 2.45) is 10.4 Å². The Morgan fingerprint density at radius 2 is 1.58 bits per heavy atom. The molecule has 1 saturated heterocycles. The fourth-order valence-electron chi connectivity index (χ4n) is 5.21. The van der Waals surface area contributed by atoms with Crippen LogP contribution in [0.2, 0.25) is 5.02 Å². The van der Waals surface area contributed by atoms with Crippen LogP contribution < -0.4 is 4.90 Å². The molecular weight excluding hydrogens is 428 g/mol. The summed E-state index contributed by atoms with van der Waals surface area (Å²) in [5.41, 5.74) is 3.06. The quantitative estimate of drug-likeness (QED) is 0.405. The molecule has 2 heterocycles. The van der Waals surface area contributed by atoms with Crippen molar-refractivity contribution in [2.45, 2.75) is 38.3 Å². The van der Waals surface area contributed by atoms with E-state index < -0.39 is 22.9 Å². The number of amidine groups is 1. The van der Waals surface area contributed by atoms with Crippen LogP contribution in [0.3, 0.4) is 0 Å². The van der Waals surface area contributed by atoms with Gasteiger partial charge in [0.25, 0.3) is 0 Å². The summed E-state index contributed by atoms with van der Waals surface area (Å²) in [4.78, 5) is 7.27. The van der Waals surface area contributed by atoms with Gasteiger partial charge in [0.15, 0.2) is 5.41 Å². The minimum absolute atomic E-state index is 0.413. The largest absolute Gasteiger partial charge is 0.319 e. The van der Waals surface area contributed by atoms with Gasteiger partial charge in [-0.2, -0.15) is 10.5 Å². The van der Waals surface area contributed by atoms with Crippen molar-refractivity contribution in [2.75, 3.05) is 4.90 Å². The van der Waals surface area contributed by atoms with E-state index in [2.05, 4.69) is 35.2 Å². The highest BCUT2D eigenvalue weighted by Gasteiger charge is 2.62. The summed E-state index contributed by atoms with van der Waals surface area (Å²) in [6.07, 6.45) is 0. The zero-order chi connectivity index (χ0) is 23.4. The van der Waals surface area contributed by atoms with Crippen LogP contribution in [0.5, 0.6) is 0 Å². The second-order valence-corrected chi connectivity index (χ2v) is 10.0. The molecule has 0 radical (unpaired) electrons. The number of nitriles is 2. The second-order valence-electron chi connectivity index (χ2n) is 9.60. The molecule has 33 heavy (non-hydrogen) atoms. The van der Waals surface area contributed by atoms with Gasteiger partial charge in [0.05, 0.1) is 35.3 Å². The predicted octanol–water partition coefficient (Wildman–Crippen LogP) is 6.90. The molecule has 0 saturated carbocycles. The summed E-state index contributed by atoms with van der Waals surface area (Å²) < 4.78 is 0. The van der Waals surface area contributed by atoms with Crippen molar-refractivity contribution in [3.05, 3.63) is 88.9 Å². The number of hydrogen-bond acceptors (Lipinski definition) is 3. The average Bonchev–Trinajstić information content (AvgIpc) is 3.08. The molecule has 0 N–H and O–H groups in total. The van der Waals surface area contributed by atoms with E-state index in [1.54, 1.807) is 6.07 Å². The molecule has 0 amide bonds. The third-order valence-corrected chi connectivity index (χ3v) is 6.60. The van der Waals surface area contributed by atoms with Crippen LogP contribution in [0.1, 0.15) is 43.9 Å². The smallest absolute Gasteiger partial charge is 0.182 e. The summed E-state index contributed by atoms with van der Waals surface area (Å²) >= 11 is 6.38. The summed E-state index contributed by atoms with van der Waals surface area (Å²) in [7, 11) is 0. The van der Waals surface area contributed by atoms with Crippen LogP contribution in [-0.2, 0) is 0 Å². The predicted molar refractivity (Wildman–Crippen MR) is 132 cm³/mol. The topological polar surface area (TPSA) is 63.2 Å². The Labute approximate surface area is 199 Å². The van der Waals surface area contributed by atoms with Crippen molar-refractivity contribution in [3.63, 3.8) is 0 Å². The second kappa shape index (κ2) is 7.48. The first kappa shape index (κ1) is 21.3. The molecule has 0 aromatic heterocycles. The van der Waals surface area contributed by atoms with E-state index in [9.17, 15) is 10.5 Å². The fraction of sp³-hybridized carbons (Fsp3) is 0.250. The van der Waals surface area contributed by atoms with Crippen molar-refractivity contribution < 1.29 is 0 Å². The Kier molecular flexibility index (Phi) is 4.82. The third-order valence-electron chi connectivity index (χ3n) is 6.36. The minimum Gasteiger partial charge on any atom is -0.319 e. The molecule has 5 rings (SSSR count). The molecule has 0 bridgehead atoms. The molecule has 0 unspecified atom stereocenters. The van der Waals surface area contributed by atoms with Gasteiger partial charge in [0.2, 0.25) is 0 Å². The Balaban J connectivity index is 1.92. The van der Waals surface area contributed by atoms with Gasteiger partial charge >= 0.3 is 0 Å². The van der Waals surface area contributed by atoms with Gasteiger partial charge in [-0.1, -0.05) is 66.2 Å². The standard InChI is InChI=1S/C28H23ClN4/c1-27(2,3)32-26-24(18-9-8-10-19(29)15-18)28(16-30,17-31)25-22-13-5-4-11-20(22)21-12-6-7-14-23(21)33(25)26/h4-15,24-25H,1-3H3/t24-,25+/m0/s1. The first-order valence-electron chi connectivity index (χ1n) is 11.0.